The van der Waals surface area contributed by atoms with Gasteiger partial charge in [0.15, 0.2) is 0 Å². The van der Waals surface area contributed by atoms with Crippen molar-refractivity contribution in [3.05, 3.63) is 95.3 Å². The largest absolute Gasteiger partial charge is 0.478 e. The number of fused-ring (bicyclic) bond motifs is 1. The molecule has 1 heterocycles. The molecule has 1 amide bonds. The summed E-state index contributed by atoms with van der Waals surface area (Å²) in [5, 5.41) is 15.6. The summed E-state index contributed by atoms with van der Waals surface area (Å²) in [5.41, 5.74) is 0.651. The number of carboxylic acids is 1. The molecular formula is C24H17F3N4O3. The zero-order valence-corrected chi connectivity index (χ0v) is 17.4. The number of nitrogens with one attached hydrogen (secondary N) is 2. The van der Waals surface area contributed by atoms with Crippen molar-refractivity contribution in [3.63, 3.8) is 0 Å². The van der Waals surface area contributed by atoms with E-state index < -0.39 is 23.6 Å². The van der Waals surface area contributed by atoms with E-state index in [9.17, 15) is 27.9 Å². The van der Waals surface area contributed by atoms with Crippen LogP contribution in [-0.2, 0) is 12.7 Å². The highest BCUT2D eigenvalue weighted by Crippen LogP contribution is 2.29. The first kappa shape index (κ1) is 22.7. The number of rotatable bonds is 6. The highest BCUT2D eigenvalue weighted by atomic mass is 19.4. The number of hydrogen-bond acceptors (Lipinski definition) is 5. The van der Waals surface area contributed by atoms with Gasteiger partial charge in [0.2, 0.25) is 0 Å². The average Bonchev–Trinajstić information content (AvgIpc) is 2.82. The van der Waals surface area contributed by atoms with E-state index in [1.54, 1.807) is 36.4 Å². The van der Waals surface area contributed by atoms with Crippen molar-refractivity contribution in [2.75, 3.05) is 10.6 Å². The third-order valence-corrected chi connectivity index (χ3v) is 5.02. The molecule has 10 heteroatoms. The topological polar surface area (TPSA) is 104 Å². The summed E-state index contributed by atoms with van der Waals surface area (Å²) in [4.78, 5) is 32.0. The first-order valence-electron chi connectivity index (χ1n) is 10.0. The SMILES string of the molecule is O=C(Nc1ccc(CNc2ncnc3c(C(=O)O)cccc23)cc1)c1cccc(C(F)(F)F)c1. The second-order valence-electron chi connectivity index (χ2n) is 7.31. The molecule has 3 N–H and O–H groups in total. The van der Waals surface area contributed by atoms with Gasteiger partial charge in [0.1, 0.15) is 12.1 Å². The summed E-state index contributed by atoms with van der Waals surface area (Å²) in [6, 6.07) is 15.7. The molecule has 0 fully saturated rings. The summed E-state index contributed by atoms with van der Waals surface area (Å²) in [5.74, 6) is -1.27. The fraction of sp³-hybridized carbons (Fsp3) is 0.0833. The van der Waals surface area contributed by atoms with Crippen molar-refractivity contribution < 1.29 is 27.9 Å². The molecule has 0 spiro atoms. The summed E-state index contributed by atoms with van der Waals surface area (Å²) in [6.07, 6.45) is -3.25. The van der Waals surface area contributed by atoms with Crippen molar-refractivity contribution in [1.82, 2.24) is 9.97 Å². The quantitative estimate of drug-likeness (QED) is 0.360. The van der Waals surface area contributed by atoms with Crippen LogP contribution in [0.15, 0.2) is 73.1 Å². The summed E-state index contributed by atoms with van der Waals surface area (Å²) >= 11 is 0. The number of benzene rings is 3. The summed E-state index contributed by atoms with van der Waals surface area (Å²) < 4.78 is 38.6. The van der Waals surface area contributed by atoms with E-state index in [1.165, 1.54) is 24.5 Å². The molecule has 172 valence electrons. The maximum Gasteiger partial charge on any atom is 0.416 e. The third kappa shape index (κ3) is 4.96. The predicted molar refractivity (Wildman–Crippen MR) is 120 cm³/mol. The lowest BCUT2D eigenvalue weighted by atomic mass is 10.1. The van der Waals surface area contributed by atoms with Crippen LogP contribution in [0.5, 0.6) is 0 Å². The van der Waals surface area contributed by atoms with Gasteiger partial charge in [0.25, 0.3) is 5.91 Å². The molecule has 0 saturated carbocycles. The van der Waals surface area contributed by atoms with Crippen molar-refractivity contribution in [2.24, 2.45) is 0 Å². The Morgan fingerprint density at radius 3 is 2.38 bits per heavy atom. The van der Waals surface area contributed by atoms with Crippen LogP contribution in [0.3, 0.4) is 0 Å². The fourth-order valence-corrected chi connectivity index (χ4v) is 3.33. The Morgan fingerprint density at radius 2 is 1.68 bits per heavy atom. The smallest absolute Gasteiger partial charge is 0.416 e. The lowest BCUT2D eigenvalue weighted by Crippen LogP contribution is -2.14. The van der Waals surface area contributed by atoms with Crippen LogP contribution in [0.1, 0.15) is 31.8 Å². The van der Waals surface area contributed by atoms with Crippen LogP contribution in [0.4, 0.5) is 24.7 Å². The van der Waals surface area contributed by atoms with E-state index in [0.29, 0.717) is 29.0 Å². The van der Waals surface area contributed by atoms with Gasteiger partial charge in [-0.2, -0.15) is 13.2 Å². The molecule has 0 aliphatic heterocycles. The lowest BCUT2D eigenvalue weighted by Gasteiger charge is -2.11. The minimum atomic E-state index is -4.53. The molecule has 3 aromatic carbocycles. The van der Waals surface area contributed by atoms with Crippen molar-refractivity contribution >= 4 is 34.3 Å². The molecule has 0 aliphatic carbocycles. The van der Waals surface area contributed by atoms with Gasteiger partial charge in [-0.25, -0.2) is 14.8 Å². The van der Waals surface area contributed by atoms with Gasteiger partial charge in [-0.05, 0) is 48.0 Å². The minimum absolute atomic E-state index is 0.0730. The number of halogens is 3. The molecule has 7 nitrogen and oxygen atoms in total. The standard InChI is InChI=1S/C24H17F3N4O3/c25-24(26,27)16-4-1-3-15(11-16)22(32)31-17-9-7-14(8-10-17)12-28-21-18-5-2-6-19(23(33)34)20(18)29-13-30-21/h1-11,13H,12H2,(H,31,32)(H,33,34)(H,28,29,30). The van der Waals surface area contributed by atoms with Crippen LogP contribution in [-0.4, -0.2) is 27.0 Å². The van der Waals surface area contributed by atoms with E-state index in [-0.39, 0.29) is 11.1 Å². The third-order valence-electron chi connectivity index (χ3n) is 5.02. The van der Waals surface area contributed by atoms with Crippen molar-refractivity contribution in [1.29, 1.82) is 0 Å². The van der Waals surface area contributed by atoms with Gasteiger partial charge in [-0.15, -0.1) is 0 Å². The molecule has 0 aliphatic rings. The lowest BCUT2D eigenvalue weighted by molar-refractivity contribution is -0.137. The Bertz CT molecular complexity index is 1370. The van der Waals surface area contributed by atoms with Gasteiger partial charge < -0.3 is 15.7 Å². The van der Waals surface area contributed by atoms with Gasteiger partial charge >= 0.3 is 12.1 Å². The molecule has 34 heavy (non-hydrogen) atoms. The van der Waals surface area contributed by atoms with E-state index in [2.05, 4.69) is 20.6 Å². The van der Waals surface area contributed by atoms with Gasteiger partial charge in [0, 0.05) is 23.2 Å². The maximum atomic E-state index is 12.9. The Labute approximate surface area is 191 Å². The predicted octanol–water partition coefficient (Wildman–Crippen LogP) is 5.21. The number of carbonyl (C=O) groups excluding carboxylic acids is 1. The molecule has 0 bridgehead atoms. The van der Waals surface area contributed by atoms with E-state index in [0.717, 1.165) is 17.7 Å². The van der Waals surface area contributed by atoms with Crippen LogP contribution in [0.2, 0.25) is 0 Å². The maximum absolute atomic E-state index is 12.9. The first-order valence-corrected chi connectivity index (χ1v) is 10.0. The number of carbonyl (C=O) groups is 2. The van der Waals surface area contributed by atoms with Crippen molar-refractivity contribution in [2.45, 2.75) is 12.7 Å². The van der Waals surface area contributed by atoms with Crippen LogP contribution in [0, 0.1) is 0 Å². The number of amides is 1. The number of para-hydroxylation sites is 1. The Balaban J connectivity index is 1.44. The number of aromatic nitrogens is 2. The van der Waals surface area contributed by atoms with Gasteiger partial charge in [-0.3, -0.25) is 4.79 Å². The highest BCUT2D eigenvalue weighted by Gasteiger charge is 2.30. The Hall–Kier alpha value is -4.47. The molecule has 4 rings (SSSR count). The molecule has 0 atom stereocenters. The Morgan fingerprint density at radius 1 is 0.941 bits per heavy atom. The zero-order chi connectivity index (χ0) is 24.3. The number of nitrogens with zero attached hydrogens (tertiary/aromatic N) is 2. The number of anilines is 2. The average molecular weight is 466 g/mol. The Kier molecular flexibility index (Phi) is 6.13. The van der Waals surface area contributed by atoms with E-state index in [1.807, 2.05) is 0 Å². The van der Waals surface area contributed by atoms with E-state index >= 15 is 0 Å². The highest BCUT2D eigenvalue weighted by molar-refractivity contribution is 6.05. The van der Waals surface area contributed by atoms with E-state index in [4.69, 9.17) is 0 Å². The summed E-state index contributed by atoms with van der Waals surface area (Å²) in [7, 11) is 0. The second-order valence-corrected chi connectivity index (χ2v) is 7.31. The van der Waals surface area contributed by atoms with Crippen LogP contribution < -0.4 is 10.6 Å². The first-order chi connectivity index (χ1) is 16.2. The van der Waals surface area contributed by atoms with Gasteiger partial charge in [0.05, 0.1) is 16.6 Å². The monoisotopic (exact) mass is 466 g/mol. The zero-order valence-electron chi connectivity index (χ0n) is 17.4. The number of carboxylic acid groups (broad SMARTS) is 1. The molecule has 0 radical (unpaired) electrons. The molecule has 1 aromatic heterocycles. The normalized spacial score (nSPS) is 11.3. The fourth-order valence-electron chi connectivity index (χ4n) is 3.33. The van der Waals surface area contributed by atoms with Crippen LogP contribution >= 0.6 is 0 Å². The summed E-state index contributed by atoms with van der Waals surface area (Å²) in [6.45, 7) is 0.352. The second kappa shape index (κ2) is 9.18. The molecular weight excluding hydrogens is 449 g/mol. The number of aromatic carboxylic acids is 1. The number of hydrogen-bond donors (Lipinski definition) is 3. The molecule has 0 saturated heterocycles. The van der Waals surface area contributed by atoms with Crippen LogP contribution in [0.25, 0.3) is 10.9 Å². The minimum Gasteiger partial charge on any atom is -0.478 e. The molecule has 0 unspecified atom stereocenters. The molecule has 4 aromatic rings. The number of alkyl halides is 3. The van der Waals surface area contributed by atoms with Crippen molar-refractivity contribution in [3.8, 4) is 0 Å². The van der Waals surface area contributed by atoms with Gasteiger partial charge in [-0.1, -0.05) is 24.3 Å².